The van der Waals surface area contributed by atoms with E-state index in [1.165, 1.54) is 4.31 Å². The second-order valence-corrected chi connectivity index (χ2v) is 7.64. The van der Waals surface area contributed by atoms with Crippen LogP contribution in [-0.2, 0) is 10.0 Å². The molecule has 2 aromatic carbocycles. The van der Waals surface area contributed by atoms with Crippen LogP contribution in [0.5, 0.6) is 0 Å². The number of carbonyl (C=O) groups excluding carboxylic acids is 1. The van der Waals surface area contributed by atoms with Crippen LogP contribution in [0.4, 0.5) is 0 Å². The van der Waals surface area contributed by atoms with Crippen molar-refractivity contribution in [3.63, 3.8) is 0 Å². The average Bonchev–Trinajstić information content (AvgIpc) is 3.31. The van der Waals surface area contributed by atoms with Crippen molar-refractivity contribution in [3.8, 4) is 0 Å². The van der Waals surface area contributed by atoms with E-state index in [9.17, 15) is 13.2 Å². The van der Waals surface area contributed by atoms with Crippen LogP contribution in [0.3, 0.4) is 0 Å². The maximum absolute atomic E-state index is 12.8. The van der Waals surface area contributed by atoms with Crippen LogP contribution < -0.4 is 0 Å². The van der Waals surface area contributed by atoms with E-state index < -0.39 is 16.1 Å². The Morgan fingerprint density at radius 1 is 1.04 bits per heavy atom. The molecule has 1 heterocycles. The molecule has 3 atom stereocenters. The largest absolute Gasteiger partial charge is 0.292 e. The number of rotatable bonds is 5. The molecule has 0 spiro atoms. The van der Waals surface area contributed by atoms with Gasteiger partial charge in [-0.1, -0.05) is 55.0 Å². The fraction of sp³-hybridized carbons (Fsp3) is 0.278. The molecule has 0 N–H and O–H groups in total. The Hall–Kier alpha value is -1.98. The number of benzene rings is 2. The molecule has 0 aromatic heterocycles. The van der Waals surface area contributed by atoms with Crippen LogP contribution in [0.25, 0.3) is 0 Å². The van der Waals surface area contributed by atoms with Crippen molar-refractivity contribution in [2.45, 2.75) is 37.2 Å². The summed E-state index contributed by atoms with van der Waals surface area (Å²) in [5, 5.41) is 0. The molecule has 3 rings (SSSR count). The molecule has 4 nitrogen and oxygen atoms in total. The van der Waals surface area contributed by atoms with Crippen LogP contribution in [0.1, 0.15) is 29.3 Å². The van der Waals surface area contributed by atoms with E-state index in [0.717, 1.165) is 5.56 Å². The molecule has 0 bridgehead atoms. The third-order valence-electron chi connectivity index (χ3n) is 4.22. The van der Waals surface area contributed by atoms with E-state index in [1.807, 2.05) is 19.9 Å². The number of sulfonamides is 1. The zero-order valence-electron chi connectivity index (χ0n) is 13.1. The number of Topliss-reactive ketones (excluding diaryl/α,β-unsaturated/α-hetero) is 1. The molecule has 1 fully saturated rings. The smallest absolute Gasteiger partial charge is 0.244 e. The van der Waals surface area contributed by atoms with Crippen LogP contribution in [0.15, 0.2) is 59.5 Å². The Kier molecular flexibility index (Phi) is 4.08. The summed E-state index contributed by atoms with van der Waals surface area (Å²) in [5.41, 5.74) is 1.55. The van der Waals surface area contributed by atoms with Gasteiger partial charge in [0.15, 0.2) is 5.78 Å². The van der Waals surface area contributed by atoms with Crippen molar-refractivity contribution >= 4 is 15.8 Å². The second-order valence-electron chi connectivity index (χ2n) is 5.80. The average molecular weight is 329 g/mol. The number of ketones is 1. The van der Waals surface area contributed by atoms with E-state index in [0.29, 0.717) is 12.0 Å². The summed E-state index contributed by atoms with van der Waals surface area (Å²) in [6.45, 7) is 3.81. The minimum atomic E-state index is -3.63. The lowest BCUT2D eigenvalue weighted by Gasteiger charge is -2.07. The highest BCUT2D eigenvalue weighted by atomic mass is 32.2. The van der Waals surface area contributed by atoms with Gasteiger partial charge in [0, 0.05) is 11.6 Å². The highest BCUT2D eigenvalue weighted by Gasteiger charge is 2.58. The van der Waals surface area contributed by atoms with Gasteiger partial charge in [0.25, 0.3) is 0 Å². The first-order valence-corrected chi connectivity index (χ1v) is 9.10. The van der Waals surface area contributed by atoms with Gasteiger partial charge in [-0.25, -0.2) is 8.42 Å². The standard InChI is InChI=1S/C18H19NO3S/c1-3-16-17(18(20)14-7-5-4-6-8-14)19(16)23(21,22)15-11-9-13(2)10-12-15/h4-12,16-17H,3H2,1-2H3. The molecule has 0 amide bonds. The lowest BCUT2D eigenvalue weighted by atomic mass is 10.1. The second kappa shape index (κ2) is 5.91. The minimum absolute atomic E-state index is 0.131. The monoisotopic (exact) mass is 329 g/mol. The Labute approximate surface area is 136 Å². The summed E-state index contributed by atoms with van der Waals surface area (Å²) in [5.74, 6) is -0.131. The molecule has 1 aliphatic rings. The van der Waals surface area contributed by atoms with E-state index >= 15 is 0 Å². The van der Waals surface area contributed by atoms with Crippen molar-refractivity contribution in [2.24, 2.45) is 0 Å². The third-order valence-corrected chi connectivity index (χ3v) is 6.14. The fourth-order valence-electron chi connectivity index (χ4n) is 2.88. The van der Waals surface area contributed by atoms with Gasteiger partial charge in [-0.3, -0.25) is 4.79 Å². The molecule has 0 radical (unpaired) electrons. The first-order valence-electron chi connectivity index (χ1n) is 7.66. The number of hydrogen-bond donors (Lipinski definition) is 0. The summed E-state index contributed by atoms with van der Waals surface area (Å²) in [4.78, 5) is 12.9. The van der Waals surface area contributed by atoms with E-state index in [4.69, 9.17) is 0 Å². The minimum Gasteiger partial charge on any atom is -0.292 e. The molecule has 3 unspecified atom stereocenters. The first-order chi connectivity index (χ1) is 11.0. The topological polar surface area (TPSA) is 54.2 Å². The maximum Gasteiger partial charge on any atom is 0.244 e. The Bertz CT molecular complexity index is 813. The van der Waals surface area contributed by atoms with Crippen molar-refractivity contribution < 1.29 is 13.2 Å². The van der Waals surface area contributed by atoms with Gasteiger partial charge in [-0.15, -0.1) is 0 Å². The third kappa shape index (κ3) is 2.82. The van der Waals surface area contributed by atoms with E-state index in [2.05, 4.69) is 0 Å². The zero-order chi connectivity index (χ0) is 16.6. The Balaban J connectivity index is 1.90. The predicted molar refractivity (Wildman–Crippen MR) is 88.8 cm³/mol. The number of nitrogens with zero attached hydrogens (tertiary/aromatic N) is 1. The summed E-state index contributed by atoms with van der Waals surface area (Å²) < 4.78 is 26.9. The van der Waals surface area contributed by atoms with Crippen molar-refractivity contribution in [3.05, 3.63) is 65.7 Å². The van der Waals surface area contributed by atoms with Gasteiger partial charge in [-0.05, 0) is 25.5 Å². The number of carbonyl (C=O) groups is 1. The molecular formula is C18H19NO3S. The normalized spacial score (nSPS) is 23.5. The van der Waals surface area contributed by atoms with Crippen LogP contribution >= 0.6 is 0 Å². The van der Waals surface area contributed by atoms with Gasteiger partial charge in [0.05, 0.1) is 4.90 Å². The van der Waals surface area contributed by atoms with Crippen molar-refractivity contribution in [1.29, 1.82) is 0 Å². The summed E-state index contributed by atoms with van der Waals surface area (Å²) >= 11 is 0. The molecule has 1 saturated heterocycles. The molecule has 0 saturated carbocycles. The first kappa shape index (κ1) is 15.9. The molecule has 23 heavy (non-hydrogen) atoms. The molecule has 2 aromatic rings. The van der Waals surface area contributed by atoms with Crippen LogP contribution in [-0.4, -0.2) is 30.6 Å². The van der Waals surface area contributed by atoms with Gasteiger partial charge < -0.3 is 0 Å². The molecule has 0 aliphatic carbocycles. The fourth-order valence-corrected chi connectivity index (χ4v) is 4.71. The van der Waals surface area contributed by atoms with E-state index in [1.54, 1.807) is 48.5 Å². The summed E-state index contributed by atoms with van der Waals surface area (Å²) in [6.07, 6.45) is 0.619. The summed E-state index contributed by atoms with van der Waals surface area (Å²) in [6, 6.07) is 14.7. The van der Waals surface area contributed by atoms with Crippen LogP contribution in [0, 0.1) is 6.92 Å². The zero-order valence-corrected chi connectivity index (χ0v) is 14.0. The molecule has 5 heteroatoms. The van der Waals surface area contributed by atoms with Gasteiger partial charge in [0.2, 0.25) is 10.0 Å². The van der Waals surface area contributed by atoms with Gasteiger partial charge >= 0.3 is 0 Å². The number of hydrogen-bond acceptors (Lipinski definition) is 3. The summed E-state index contributed by atoms with van der Waals surface area (Å²) in [7, 11) is -3.63. The van der Waals surface area contributed by atoms with Crippen molar-refractivity contribution in [1.82, 2.24) is 4.31 Å². The predicted octanol–water partition coefficient (Wildman–Crippen LogP) is 3.03. The SMILES string of the molecule is CCC1C(C(=O)c2ccccc2)N1S(=O)(=O)c1ccc(C)cc1. The van der Waals surface area contributed by atoms with Gasteiger partial charge in [-0.2, -0.15) is 4.31 Å². The Morgan fingerprint density at radius 2 is 1.65 bits per heavy atom. The molecule has 120 valence electrons. The Morgan fingerprint density at radius 3 is 2.22 bits per heavy atom. The number of aryl methyl sites for hydroxylation is 1. The maximum atomic E-state index is 12.8. The highest BCUT2D eigenvalue weighted by Crippen LogP contribution is 2.39. The quantitative estimate of drug-likeness (QED) is 0.626. The molecule has 1 aliphatic heterocycles. The van der Waals surface area contributed by atoms with Gasteiger partial charge in [0.1, 0.15) is 6.04 Å². The molecular weight excluding hydrogens is 310 g/mol. The lowest BCUT2D eigenvalue weighted by Crippen LogP contribution is -2.19. The lowest BCUT2D eigenvalue weighted by molar-refractivity contribution is 0.0981. The highest BCUT2D eigenvalue weighted by molar-refractivity contribution is 7.89. The van der Waals surface area contributed by atoms with Crippen molar-refractivity contribution in [2.75, 3.05) is 0 Å². The van der Waals surface area contributed by atoms with Crippen LogP contribution in [0.2, 0.25) is 0 Å². The van der Waals surface area contributed by atoms with E-state index in [-0.39, 0.29) is 16.7 Å².